The lowest BCUT2D eigenvalue weighted by molar-refractivity contribution is 1.33. The van der Waals surface area contributed by atoms with E-state index < -0.39 is 0 Å². The summed E-state index contributed by atoms with van der Waals surface area (Å²) in [6.07, 6.45) is 0. The zero-order chi connectivity index (χ0) is 21.5. The van der Waals surface area contributed by atoms with Gasteiger partial charge in [0.05, 0.1) is 5.69 Å². The first-order valence-electron chi connectivity index (χ1n) is 10.5. The van der Waals surface area contributed by atoms with Crippen molar-refractivity contribution in [3.05, 3.63) is 114 Å². The van der Waals surface area contributed by atoms with Crippen LogP contribution in [0.3, 0.4) is 0 Å². The molecule has 0 amide bonds. The normalized spacial score (nSPS) is 11.3. The minimum atomic E-state index is 0.501. The van der Waals surface area contributed by atoms with Gasteiger partial charge in [0.15, 0.2) is 0 Å². The predicted molar refractivity (Wildman–Crippen MR) is 138 cm³/mol. The number of aromatic nitrogens is 1. The van der Waals surface area contributed by atoms with Crippen molar-refractivity contribution >= 4 is 43.1 Å². The summed E-state index contributed by atoms with van der Waals surface area (Å²) in [5, 5.41) is 3.11. The first-order chi connectivity index (χ1) is 15.7. The third kappa shape index (κ3) is 3.48. The first kappa shape index (κ1) is 19.2. The molecule has 0 aliphatic rings. The molecule has 32 heavy (non-hydrogen) atoms. The van der Waals surface area contributed by atoms with E-state index in [1.165, 1.54) is 31.3 Å². The van der Waals surface area contributed by atoms with Crippen molar-refractivity contribution in [1.82, 2.24) is 4.98 Å². The fourth-order valence-electron chi connectivity index (χ4n) is 4.18. The van der Waals surface area contributed by atoms with Crippen molar-refractivity contribution in [1.29, 1.82) is 0 Å². The Morgan fingerprint density at radius 3 is 2.00 bits per heavy atom. The molecular formula is C29H18ClNS. The lowest BCUT2D eigenvalue weighted by Gasteiger charge is -2.08. The van der Waals surface area contributed by atoms with Gasteiger partial charge in [-0.3, -0.25) is 0 Å². The Kier molecular flexibility index (Phi) is 4.75. The number of hydrogen-bond acceptors (Lipinski definition) is 2. The second-order valence-corrected chi connectivity index (χ2v) is 9.29. The molecule has 0 spiro atoms. The predicted octanol–water partition coefficient (Wildman–Crippen LogP) is 9.10. The Morgan fingerprint density at radius 1 is 0.500 bits per heavy atom. The molecule has 152 valence electrons. The van der Waals surface area contributed by atoms with E-state index in [4.69, 9.17) is 11.6 Å². The molecule has 3 heteroatoms. The quantitative estimate of drug-likeness (QED) is 0.246. The van der Waals surface area contributed by atoms with Crippen molar-refractivity contribution in [3.8, 4) is 33.5 Å². The summed E-state index contributed by atoms with van der Waals surface area (Å²) in [6, 6.07) is 38.2. The van der Waals surface area contributed by atoms with Gasteiger partial charge in [0.2, 0.25) is 0 Å². The summed E-state index contributed by atoms with van der Waals surface area (Å²) in [6.45, 7) is 0. The van der Waals surface area contributed by atoms with Gasteiger partial charge in [0.25, 0.3) is 0 Å². The average Bonchev–Trinajstić information content (AvgIpc) is 3.22. The molecule has 1 nitrogen and oxygen atoms in total. The molecule has 0 aliphatic heterocycles. The van der Waals surface area contributed by atoms with Gasteiger partial charge in [-0.1, -0.05) is 96.5 Å². The Hall–Kier alpha value is -3.46. The SMILES string of the molecule is Clc1cc(-c2ccc3c(c2)sc2ccccc23)cc(-c2ccc(-c3ccccc3)cc2)n1. The highest BCUT2D eigenvalue weighted by molar-refractivity contribution is 7.25. The van der Waals surface area contributed by atoms with Crippen molar-refractivity contribution in [2.24, 2.45) is 0 Å². The van der Waals surface area contributed by atoms with E-state index in [9.17, 15) is 0 Å². The molecule has 0 atom stereocenters. The number of hydrogen-bond donors (Lipinski definition) is 0. The summed E-state index contributed by atoms with van der Waals surface area (Å²) in [5.74, 6) is 0. The highest BCUT2D eigenvalue weighted by Gasteiger charge is 2.10. The van der Waals surface area contributed by atoms with Gasteiger partial charge in [-0.05, 0) is 46.5 Å². The van der Waals surface area contributed by atoms with Gasteiger partial charge in [-0.2, -0.15) is 0 Å². The van der Waals surface area contributed by atoms with E-state index in [-0.39, 0.29) is 0 Å². The number of nitrogens with zero attached hydrogens (tertiary/aromatic N) is 1. The molecule has 0 unspecified atom stereocenters. The van der Waals surface area contributed by atoms with Crippen LogP contribution in [0.2, 0.25) is 5.15 Å². The van der Waals surface area contributed by atoms with Gasteiger partial charge >= 0.3 is 0 Å². The summed E-state index contributed by atoms with van der Waals surface area (Å²) in [4.78, 5) is 4.60. The zero-order valence-electron chi connectivity index (χ0n) is 17.1. The lowest BCUT2D eigenvalue weighted by atomic mass is 10.00. The van der Waals surface area contributed by atoms with Gasteiger partial charge in [0, 0.05) is 25.7 Å². The molecule has 0 radical (unpaired) electrons. The van der Waals surface area contributed by atoms with E-state index >= 15 is 0 Å². The summed E-state index contributed by atoms with van der Waals surface area (Å²) >= 11 is 8.28. The van der Waals surface area contributed by atoms with Crippen LogP contribution in [0.1, 0.15) is 0 Å². The Labute approximate surface area is 195 Å². The van der Waals surface area contributed by atoms with Crippen LogP contribution in [0, 0.1) is 0 Å². The molecule has 0 bridgehead atoms. The van der Waals surface area contributed by atoms with Crippen LogP contribution in [0.25, 0.3) is 53.7 Å². The molecule has 6 aromatic rings. The minimum absolute atomic E-state index is 0.501. The molecule has 2 heterocycles. The number of benzene rings is 4. The highest BCUT2D eigenvalue weighted by atomic mass is 35.5. The van der Waals surface area contributed by atoms with E-state index in [1.807, 2.05) is 23.5 Å². The Morgan fingerprint density at radius 2 is 1.16 bits per heavy atom. The van der Waals surface area contributed by atoms with Crippen LogP contribution in [0.5, 0.6) is 0 Å². The van der Waals surface area contributed by atoms with Crippen molar-refractivity contribution in [3.63, 3.8) is 0 Å². The largest absolute Gasteiger partial charge is 0.236 e. The summed E-state index contributed by atoms with van der Waals surface area (Å²) < 4.78 is 2.59. The molecule has 0 N–H and O–H groups in total. The third-order valence-corrected chi connectivity index (χ3v) is 7.12. The van der Waals surface area contributed by atoms with Gasteiger partial charge < -0.3 is 0 Å². The fourth-order valence-corrected chi connectivity index (χ4v) is 5.53. The maximum Gasteiger partial charge on any atom is 0.130 e. The summed E-state index contributed by atoms with van der Waals surface area (Å²) in [5.41, 5.74) is 6.55. The van der Waals surface area contributed by atoms with Crippen molar-refractivity contribution in [2.75, 3.05) is 0 Å². The van der Waals surface area contributed by atoms with Crippen LogP contribution in [-0.2, 0) is 0 Å². The zero-order valence-corrected chi connectivity index (χ0v) is 18.7. The number of thiophene rings is 1. The topological polar surface area (TPSA) is 12.9 Å². The monoisotopic (exact) mass is 447 g/mol. The van der Waals surface area contributed by atoms with Gasteiger partial charge in [0.1, 0.15) is 5.15 Å². The number of rotatable bonds is 3. The number of halogens is 1. The molecule has 6 rings (SSSR count). The maximum absolute atomic E-state index is 6.45. The minimum Gasteiger partial charge on any atom is -0.236 e. The van der Waals surface area contributed by atoms with Crippen LogP contribution < -0.4 is 0 Å². The smallest absolute Gasteiger partial charge is 0.130 e. The lowest BCUT2D eigenvalue weighted by Crippen LogP contribution is -1.88. The fraction of sp³-hybridized carbons (Fsp3) is 0. The molecule has 4 aromatic carbocycles. The summed E-state index contributed by atoms with van der Waals surface area (Å²) in [7, 11) is 0. The second-order valence-electron chi connectivity index (χ2n) is 7.82. The number of fused-ring (bicyclic) bond motifs is 3. The maximum atomic E-state index is 6.45. The van der Waals surface area contributed by atoms with Crippen LogP contribution in [0.15, 0.2) is 109 Å². The standard InChI is InChI=1S/C29H18ClNS/c30-29-18-23(22-14-15-25-24-8-4-5-9-27(24)32-28(25)17-22)16-26(31-29)21-12-10-20(11-13-21)19-6-2-1-3-7-19/h1-18H. The van der Waals surface area contributed by atoms with Crippen molar-refractivity contribution < 1.29 is 0 Å². The van der Waals surface area contributed by atoms with Crippen LogP contribution in [-0.4, -0.2) is 4.98 Å². The Bertz CT molecular complexity index is 1570. The molecule has 0 saturated heterocycles. The van der Waals surface area contributed by atoms with E-state index in [2.05, 4.69) is 102 Å². The number of pyridine rings is 1. The molecule has 2 aromatic heterocycles. The molecule has 0 fully saturated rings. The molecule has 0 aliphatic carbocycles. The van der Waals surface area contributed by atoms with Crippen molar-refractivity contribution in [2.45, 2.75) is 0 Å². The Balaban J connectivity index is 1.40. The van der Waals surface area contributed by atoms with Crippen LogP contribution >= 0.6 is 22.9 Å². The third-order valence-electron chi connectivity index (χ3n) is 5.79. The van der Waals surface area contributed by atoms with Gasteiger partial charge in [-0.25, -0.2) is 4.98 Å². The van der Waals surface area contributed by atoms with E-state index in [1.54, 1.807) is 0 Å². The second kappa shape index (κ2) is 7.90. The molecule has 0 saturated carbocycles. The average molecular weight is 448 g/mol. The highest BCUT2D eigenvalue weighted by Crippen LogP contribution is 2.37. The van der Waals surface area contributed by atoms with E-state index in [0.29, 0.717) is 5.15 Å². The van der Waals surface area contributed by atoms with Gasteiger partial charge in [-0.15, -0.1) is 11.3 Å². The van der Waals surface area contributed by atoms with E-state index in [0.717, 1.165) is 22.4 Å². The molecular weight excluding hydrogens is 430 g/mol. The van der Waals surface area contributed by atoms with Crippen LogP contribution in [0.4, 0.5) is 0 Å². The first-order valence-corrected chi connectivity index (χ1v) is 11.7.